The SMILES string of the molecule is COc1ccc(/C=C2/N=C(c3ccc(F)cc3)OC2=O)cc1Cl. The highest BCUT2D eigenvalue weighted by atomic mass is 35.5. The Labute approximate surface area is 136 Å². The van der Waals surface area contributed by atoms with Gasteiger partial charge in [0.15, 0.2) is 5.70 Å². The first-order valence-electron chi connectivity index (χ1n) is 6.69. The molecular weight excluding hydrogens is 321 g/mol. The molecule has 0 bridgehead atoms. The number of nitrogens with zero attached hydrogens (tertiary/aromatic N) is 1. The molecule has 0 aromatic heterocycles. The van der Waals surface area contributed by atoms with Crippen molar-refractivity contribution in [2.24, 2.45) is 4.99 Å². The standard InChI is InChI=1S/C17H11ClFNO3/c1-22-15-7-2-10(8-13(15)18)9-14-17(21)23-16(20-14)11-3-5-12(19)6-4-11/h2-9H,1H3/b14-9+. The second kappa shape index (κ2) is 6.22. The lowest BCUT2D eigenvalue weighted by atomic mass is 10.2. The molecule has 1 heterocycles. The van der Waals surface area contributed by atoms with Crippen molar-refractivity contribution >= 4 is 29.5 Å². The number of cyclic esters (lactones) is 1. The average Bonchev–Trinajstić information content (AvgIpc) is 2.89. The summed E-state index contributed by atoms with van der Waals surface area (Å²) >= 11 is 6.05. The highest BCUT2D eigenvalue weighted by molar-refractivity contribution is 6.32. The lowest BCUT2D eigenvalue weighted by molar-refractivity contribution is -0.129. The number of rotatable bonds is 3. The van der Waals surface area contributed by atoms with Crippen LogP contribution >= 0.6 is 11.6 Å². The molecule has 0 saturated heterocycles. The summed E-state index contributed by atoms with van der Waals surface area (Å²) in [6.07, 6.45) is 1.56. The zero-order chi connectivity index (χ0) is 16.4. The highest BCUT2D eigenvalue weighted by Crippen LogP contribution is 2.27. The van der Waals surface area contributed by atoms with Crippen LogP contribution in [0.15, 0.2) is 53.2 Å². The summed E-state index contributed by atoms with van der Waals surface area (Å²) in [7, 11) is 1.52. The number of hydrogen-bond donors (Lipinski definition) is 0. The third kappa shape index (κ3) is 3.24. The van der Waals surface area contributed by atoms with Crippen molar-refractivity contribution < 1.29 is 18.7 Å². The molecule has 0 fully saturated rings. The molecule has 2 aromatic rings. The monoisotopic (exact) mass is 331 g/mol. The Kier molecular flexibility index (Phi) is 4.12. The van der Waals surface area contributed by atoms with Gasteiger partial charge in [0, 0.05) is 5.56 Å². The van der Waals surface area contributed by atoms with Gasteiger partial charge in [-0.1, -0.05) is 17.7 Å². The van der Waals surface area contributed by atoms with Gasteiger partial charge in [-0.15, -0.1) is 0 Å². The fraction of sp³-hybridized carbons (Fsp3) is 0.0588. The van der Waals surface area contributed by atoms with Crippen LogP contribution in [0, 0.1) is 5.82 Å². The van der Waals surface area contributed by atoms with Gasteiger partial charge in [-0.3, -0.25) is 0 Å². The average molecular weight is 332 g/mol. The van der Waals surface area contributed by atoms with E-state index in [1.54, 1.807) is 24.3 Å². The Balaban J connectivity index is 1.91. The third-order valence-electron chi connectivity index (χ3n) is 3.19. The summed E-state index contributed by atoms with van der Waals surface area (Å²) in [6, 6.07) is 10.6. The molecule has 1 aliphatic rings. The second-order valence-electron chi connectivity index (χ2n) is 4.74. The number of esters is 1. The topological polar surface area (TPSA) is 47.9 Å². The van der Waals surface area contributed by atoms with Gasteiger partial charge in [-0.2, -0.15) is 0 Å². The number of aliphatic imine (C=N–C) groups is 1. The molecule has 1 aliphatic heterocycles. The fourth-order valence-corrected chi connectivity index (χ4v) is 2.32. The van der Waals surface area contributed by atoms with Gasteiger partial charge in [-0.05, 0) is 48.0 Å². The van der Waals surface area contributed by atoms with Crippen LogP contribution in [0.1, 0.15) is 11.1 Å². The molecule has 0 radical (unpaired) electrons. The molecule has 3 rings (SSSR count). The summed E-state index contributed by atoms with van der Waals surface area (Å²) in [4.78, 5) is 16.0. The van der Waals surface area contributed by atoms with E-state index in [0.717, 1.165) is 0 Å². The first-order chi connectivity index (χ1) is 11.1. The van der Waals surface area contributed by atoms with Crippen molar-refractivity contribution in [3.05, 3.63) is 70.1 Å². The molecule has 6 heteroatoms. The maximum Gasteiger partial charge on any atom is 0.363 e. The van der Waals surface area contributed by atoms with Crippen molar-refractivity contribution in [2.45, 2.75) is 0 Å². The third-order valence-corrected chi connectivity index (χ3v) is 3.49. The van der Waals surface area contributed by atoms with E-state index in [1.165, 1.54) is 31.4 Å². The van der Waals surface area contributed by atoms with Crippen LogP contribution in [0.4, 0.5) is 4.39 Å². The molecule has 0 atom stereocenters. The second-order valence-corrected chi connectivity index (χ2v) is 5.14. The Morgan fingerprint density at radius 1 is 1.22 bits per heavy atom. The molecule has 0 N–H and O–H groups in total. The Morgan fingerprint density at radius 2 is 1.96 bits per heavy atom. The van der Waals surface area contributed by atoms with Crippen LogP contribution in [0.3, 0.4) is 0 Å². The maximum absolute atomic E-state index is 12.9. The van der Waals surface area contributed by atoms with Crippen molar-refractivity contribution in [3.63, 3.8) is 0 Å². The first-order valence-corrected chi connectivity index (χ1v) is 7.06. The van der Waals surface area contributed by atoms with Crippen molar-refractivity contribution in [2.75, 3.05) is 7.11 Å². The van der Waals surface area contributed by atoms with E-state index in [-0.39, 0.29) is 17.4 Å². The van der Waals surface area contributed by atoms with Gasteiger partial charge in [0.1, 0.15) is 11.6 Å². The van der Waals surface area contributed by atoms with Gasteiger partial charge in [-0.25, -0.2) is 14.2 Å². The smallest absolute Gasteiger partial charge is 0.363 e. The lowest BCUT2D eigenvalue weighted by Gasteiger charge is -2.03. The molecule has 2 aromatic carbocycles. The van der Waals surface area contributed by atoms with Crippen LogP contribution in [-0.2, 0) is 9.53 Å². The van der Waals surface area contributed by atoms with Crippen LogP contribution in [0.2, 0.25) is 5.02 Å². The molecule has 4 nitrogen and oxygen atoms in total. The first kappa shape index (κ1) is 15.2. The van der Waals surface area contributed by atoms with Crippen LogP contribution in [0.25, 0.3) is 6.08 Å². The normalized spacial score (nSPS) is 15.5. The molecule has 116 valence electrons. The zero-order valence-electron chi connectivity index (χ0n) is 12.0. The summed E-state index contributed by atoms with van der Waals surface area (Å²) in [6.45, 7) is 0. The number of halogens is 2. The predicted molar refractivity (Wildman–Crippen MR) is 85.0 cm³/mol. The zero-order valence-corrected chi connectivity index (χ0v) is 12.8. The summed E-state index contributed by atoms with van der Waals surface area (Å²) in [5.41, 5.74) is 1.35. The molecule has 23 heavy (non-hydrogen) atoms. The number of methoxy groups -OCH3 is 1. The molecule has 0 aliphatic carbocycles. The summed E-state index contributed by atoms with van der Waals surface area (Å²) in [5.74, 6) is -0.266. The molecular formula is C17H11ClFNO3. The van der Waals surface area contributed by atoms with Gasteiger partial charge in [0.25, 0.3) is 0 Å². The molecule has 0 unspecified atom stereocenters. The van der Waals surface area contributed by atoms with E-state index in [2.05, 4.69) is 4.99 Å². The van der Waals surface area contributed by atoms with Crippen LogP contribution in [-0.4, -0.2) is 19.0 Å². The Morgan fingerprint density at radius 3 is 2.61 bits per heavy atom. The van der Waals surface area contributed by atoms with Crippen LogP contribution < -0.4 is 4.74 Å². The lowest BCUT2D eigenvalue weighted by Crippen LogP contribution is -2.05. The van der Waals surface area contributed by atoms with Gasteiger partial charge in [0.05, 0.1) is 12.1 Å². The summed E-state index contributed by atoms with van der Waals surface area (Å²) in [5, 5.41) is 0.427. The minimum atomic E-state index is -0.573. The quantitative estimate of drug-likeness (QED) is 0.634. The van der Waals surface area contributed by atoms with Gasteiger partial charge >= 0.3 is 5.97 Å². The predicted octanol–water partition coefficient (Wildman–Crippen LogP) is 3.83. The van der Waals surface area contributed by atoms with Gasteiger partial charge < -0.3 is 9.47 Å². The molecule has 0 saturated carbocycles. The fourth-order valence-electron chi connectivity index (χ4n) is 2.06. The van der Waals surface area contributed by atoms with E-state index in [1.807, 2.05) is 0 Å². The van der Waals surface area contributed by atoms with E-state index >= 15 is 0 Å². The van der Waals surface area contributed by atoms with E-state index < -0.39 is 5.97 Å². The van der Waals surface area contributed by atoms with E-state index in [4.69, 9.17) is 21.1 Å². The number of carbonyl (C=O) groups excluding carboxylic acids is 1. The maximum atomic E-state index is 12.9. The van der Waals surface area contributed by atoms with E-state index in [9.17, 15) is 9.18 Å². The number of benzene rings is 2. The van der Waals surface area contributed by atoms with Crippen LogP contribution in [0.5, 0.6) is 5.75 Å². The van der Waals surface area contributed by atoms with Crippen molar-refractivity contribution in [3.8, 4) is 5.75 Å². The minimum absolute atomic E-state index is 0.140. The van der Waals surface area contributed by atoms with Crippen molar-refractivity contribution in [1.29, 1.82) is 0 Å². The van der Waals surface area contributed by atoms with E-state index in [0.29, 0.717) is 21.9 Å². The molecule has 0 amide bonds. The highest BCUT2D eigenvalue weighted by Gasteiger charge is 2.24. The minimum Gasteiger partial charge on any atom is -0.495 e. The Bertz CT molecular complexity index is 828. The Hall–Kier alpha value is -2.66. The summed E-state index contributed by atoms with van der Waals surface area (Å²) < 4.78 is 23.1. The number of hydrogen-bond acceptors (Lipinski definition) is 4. The van der Waals surface area contributed by atoms with Gasteiger partial charge in [0.2, 0.25) is 5.90 Å². The number of ether oxygens (including phenoxy) is 2. The largest absolute Gasteiger partial charge is 0.495 e. The number of carbonyl (C=O) groups is 1. The van der Waals surface area contributed by atoms with Crippen molar-refractivity contribution in [1.82, 2.24) is 0 Å². The molecule has 0 spiro atoms.